The number of halogens is 1. The number of rotatable bonds is 0. The van der Waals surface area contributed by atoms with Gasteiger partial charge in [-0.15, -0.1) is 0 Å². The van der Waals surface area contributed by atoms with Gasteiger partial charge in [-0.25, -0.2) is 9.50 Å². The lowest BCUT2D eigenvalue weighted by Gasteiger charge is -1.94. The number of hydrogen-bond donors (Lipinski definition) is 0. The summed E-state index contributed by atoms with van der Waals surface area (Å²) in [4.78, 5) is 4.27. The van der Waals surface area contributed by atoms with Crippen LogP contribution in [0.5, 0.6) is 0 Å². The van der Waals surface area contributed by atoms with Gasteiger partial charge in [-0.05, 0) is 26.0 Å². The maximum atomic E-state index is 5.74. The molecule has 0 spiro atoms. The van der Waals surface area contributed by atoms with Crippen LogP contribution in [0.25, 0.3) is 5.52 Å². The molecule has 0 atom stereocenters. The molecule has 0 aliphatic heterocycles. The van der Waals surface area contributed by atoms with E-state index in [0.29, 0.717) is 5.15 Å². The van der Waals surface area contributed by atoms with Crippen LogP contribution in [-0.2, 0) is 0 Å². The molecule has 0 saturated carbocycles. The molecule has 0 aliphatic rings. The molecule has 3 nitrogen and oxygen atoms in total. The summed E-state index contributed by atoms with van der Waals surface area (Å²) in [6, 6.07) is 3.69. The van der Waals surface area contributed by atoms with E-state index in [1.54, 1.807) is 10.6 Å². The average molecular weight is 182 g/mol. The topological polar surface area (TPSA) is 30.2 Å². The van der Waals surface area contributed by atoms with E-state index < -0.39 is 0 Å². The Balaban J connectivity index is 2.90. The van der Waals surface area contributed by atoms with Crippen molar-refractivity contribution in [3.8, 4) is 0 Å². The summed E-state index contributed by atoms with van der Waals surface area (Å²) in [5.74, 6) is 0.866. The zero-order chi connectivity index (χ0) is 8.72. The Morgan fingerprint density at radius 3 is 2.83 bits per heavy atom. The van der Waals surface area contributed by atoms with Gasteiger partial charge < -0.3 is 0 Å². The number of hydrogen-bond acceptors (Lipinski definition) is 2. The Labute approximate surface area is 75.0 Å². The molecule has 0 radical (unpaired) electrons. The third-order valence-electron chi connectivity index (χ3n) is 1.81. The molecule has 0 aromatic carbocycles. The molecule has 2 heterocycles. The van der Waals surface area contributed by atoms with Gasteiger partial charge in [0.1, 0.15) is 11.0 Å². The van der Waals surface area contributed by atoms with Crippen LogP contribution in [0.15, 0.2) is 12.1 Å². The largest absolute Gasteiger partial charge is 0.236 e. The van der Waals surface area contributed by atoms with Crippen molar-refractivity contribution in [2.24, 2.45) is 0 Å². The fourth-order valence-corrected chi connectivity index (χ4v) is 1.41. The second-order valence-electron chi connectivity index (χ2n) is 2.70. The first-order valence-electron chi connectivity index (χ1n) is 3.67. The minimum absolute atomic E-state index is 0.489. The number of aromatic nitrogens is 3. The summed E-state index contributed by atoms with van der Waals surface area (Å²) in [6.07, 6.45) is 0. The molecule has 4 heteroatoms. The van der Waals surface area contributed by atoms with Crippen molar-refractivity contribution < 1.29 is 0 Å². The lowest BCUT2D eigenvalue weighted by Crippen LogP contribution is -1.93. The van der Waals surface area contributed by atoms with E-state index in [2.05, 4.69) is 10.1 Å². The maximum absolute atomic E-state index is 5.74. The van der Waals surface area contributed by atoms with Crippen LogP contribution >= 0.6 is 11.6 Å². The summed E-state index contributed by atoms with van der Waals surface area (Å²) in [6.45, 7) is 3.86. The molecule has 0 N–H and O–H groups in total. The fourth-order valence-electron chi connectivity index (χ4n) is 1.27. The SMILES string of the molecule is Cc1nc(C)n2nc(Cl)ccc12. The molecule has 0 fully saturated rings. The lowest BCUT2D eigenvalue weighted by atomic mass is 10.4. The maximum Gasteiger partial charge on any atom is 0.150 e. The average Bonchev–Trinajstić information content (AvgIpc) is 2.28. The standard InChI is InChI=1S/C8H8ClN3/c1-5-7-3-4-8(9)11-12(7)6(2)10-5/h3-4H,1-2H3. The van der Waals surface area contributed by atoms with Gasteiger partial charge in [0, 0.05) is 0 Å². The third kappa shape index (κ3) is 0.975. The molecule has 0 bridgehead atoms. The van der Waals surface area contributed by atoms with E-state index >= 15 is 0 Å². The van der Waals surface area contributed by atoms with Gasteiger partial charge in [0.05, 0.1) is 11.2 Å². The van der Waals surface area contributed by atoms with Gasteiger partial charge in [0.2, 0.25) is 0 Å². The third-order valence-corrected chi connectivity index (χ3v) is 2.01. The number of aryl methyl sites for hydroxylation is 2. The van der Waals surface area contributed by atoms with E-state index in [1.807, 2.05) is 19.9 Å². The van der Waals surface area contributed by atoms with Gasteiger partial charge in [0.25, 0.3) is 0 Å². The molecule has 2 aromatic rings. The van der Waals surface area contributed by atoms with Crippen LogP contribution in [0.1, 0.15) is 11.5 Å². The van der Waals surface area contributed by atoms with Crippen LogP contribution in [0.2, 0.25) is 5.15 Å². The molecule has 0 amide bonds. The van der Waals surface area contributed by atoms with Crippen LogP contribution in [-0.4, -0.2) is 14.6 Å². The second kappa shape index (κ2) is 2.45. The summed E-state index contributed by atoms with van der Waals surface area (Å²) < 4.78 is 1.75. The Bertz CT molecular complexity index is 433. The van der Waals surface area contributed by atoms with Gasteiger partial charge in [0.15, 0.2) is 0 Å². The molecular weight excluding hydrogens is 174 g/mol. The van der Waals surface area contributed by atoms with E-state index in [-0.39, 0.29) is 0 Å². The first-order valence-corrected chi connectivity index (χ1v) is 4.05. The number of imidazole rings is 1. The summed E-state index contributed by atoms with van der Waals surface area (Å²) >= 11 is 5.74. The highest BCUT2D eigenvalue weighted by Crippen LogP contribution is 2.12. The summed E-state index contributed by atoms with van der Waals surface area (Å²) in [5, 5.41) is 4.60. The highest BCUT2D eigenvalue weighted by molar-refractivity contribution is 6.29. The Morgan fingerprint density at radius 1 is 1.33 bits per heavy atom. The first-order chi connectivity index (χ1) is 5.68. The summed E-state index contributed by atoms with van der Waals surface area (Å²) in [7, 11) is 0. The van der Waals surface area contributed by atoms with Crippen LogP contribution < -0.4 is 0 Å². The Hall–Kier alpha value is -1.09. The molecule has 2 rings (SSSR count). The van der Waals surface area contributed by atoms with E-state index in [0.717, 1.165) is 17.0 Å². The highest BCUT2D eigenvalue weighted by atomic mass is 35.5. The van der Waals surface area contributed by atoms with Crippen LogP contribution in [0.4, 0.5) is 0 Å². The van der Waals surface area contributed by atoms with Crippen LogP contribution in [0, 0.1) is 13.8 Å². The predicted octanol–water partition coefficient (Wildman–Crippen LogP) is 2.00. The lowest BCUT2D eigenvalue weighted by molar-refractivity contribution is 0.877. The van der Waals surface area contributed by atoms with Crippen LogP contribution in [0.3, 0.4) is 0 Å². The van der Waals surface area contributed by atoms with Crippen molar-refractivity contribution in [3.63, 3.8) is 0 Å². The molecule has 0 saturated heterocycles. The molecular formula is C8H8ClN3. The molecule has 0 unspecified atom stereocenters. The fraction of sp³-hybridized carbons (Fsp3) is 0.250. The van der Waals surface area contributed by atoms with Crippen molar-refractivity contribution in [1.29, 1.82) is 0 Å². The second-order valence-corrected chi connectivity index (χ2v) is 3.08. The normalized spacial score (nSPS) is 10.9. The monoisotopic (exact) mass is 181 g/mol. The van der Waals surface area contributed by atoms with Crippen molar-refractivity contribution in [1.82, 2.24) is 14.6 Å². The van der Waals surface area contributed by atoms with Gasteiger partial charge >= 0.3 is 0 Å². The van der Waals surface area contributed by atoms with Crippen molar-refractivity contribution >= 4 is 17.1 Å². The smallest absolute Gasteiger partial charge is 0.150 e. The van der Waals surface area contributed by atoms with Crippen molar-refractivity contribution in [3.05, 3.63) is 28.8 Å². The minimum atomic E-state index is 0.489. The van der Waals surface area contributed by atoms with Crippen molar-refractivity contribution in [2.45, 2.75) is 13.8 Å². The molecule has 2 aromatic heterocycles. The summed E-state index contributed by atoms with van der Waals surface area (Å²) in [5.41, 5.74) is 1.99. The molecule has 0 aliphatic carbocycles. The quantitative estimate of drug-likeness (QED) is 0.622. The van der Waals surface area contributed by atoms with Gasteiger partial charge in [-0.2, -0.15) is 5.10 Å². The number of fused-ring (bicyclic) bond motifs is 1. The Morgan fingerprint density at radius 2 is 2.08 bits per heavy atom. The molecule has 62 valence electrons. The number of nitrogens with zero attached hydrogens (tertiary/aromatic N) is 3. The van der Waals surface area contributed by atoms with Crippen molar-refractivity contribution in [2.75, 3.05) is 0 Å². The van der Waals surface area contributed by atoms with Gasteiger partial charge in [-0.1, -0.05) is 11.6 Å². The zero-order valence-corrected chi connectivity index (χ0v) is 7.63. The highest BCUT2D eigenvalue weighted by Gasteiger charge is 2.04. The van der Waals surface area contributed by atoms with E-state index in [1.165, 1.54) is 0 Å². The van der Waals surface area contributed by atoms with Gasteiger partial charge in [-0.3, -0.25) is 0 Å². The molecule has 12 heavy (non-hydrogen) atoms. The van der Waals surface area contributed by atoms with E-state index in [4.69, 9.17) is 11.6 Å². The Kier molecular flexibility index (Phi) is 1.54. The first kappa shape index (κ1) is 7.55. The zero-order valence-electron chi connectivity index (χ0n) is 6.87. The predicted molar refractivity (Wildman–Crippen MR) is 47.5 cm³/mol. The van der Waals surface area contributed by atoms with E-state index in [9.17, 15) is 0 Å². The minimum Gasteiger partial charge on any atom is -0.236 e.